The molecule has 8 heteroatoms. The van der Waals surface area contributed by atoms with Gasteiger partial charge in [-0.3, -0.25) is 10.1 Å². The first-order valence-electron chi connectivity index (χ1n) is 9.01. The lowest BCUT2D eigenvalue weighted by Crippen LogP contribution is -2.14. The first-order chi connectivity index (χ1) is 14.0. The summed E-state index contributed by atoms with van der Waals surface area (Å²) in [6.45, 7) is 3.75. The van der Waals surface area contributed by atoms with Crippen molar-refractivity contribution in [2.45, 2.75) is 20.3 Å². The number of thiazole rings is 1. The number of carbonyl (C=O) groups excluding carboxylic acids is 1. The van der Waals surface area contributed by atoms with Crippen molar-refractivity contribution in [1.82, 2.24) is 20.0 Å². The summed E-state index contributed by atoms with van der Waals surface area (Å²) in [6.07, 6.45) is 0.711. The SMILES string of the molecule is Cc1nc(NC(=O)c2nnn(-c3ccccc3)c2C)sc1Cc1cccc(Cl)c1. The van der Waals surface area contributed by atoms with Crippen molar-refractivity contribution in [3.05, 3.63) is 87.1 Å². The van der Waals surface area contributed by atoms with Gasteiger partial charge in [-0.05, 0) is 43.7 Å². The molecule has 0 aliphatic rings. The summed E-state index contributed by atoms with van der Waals surface area (Å²) >= 11 is 7.52. The highest BCUT2D eigenvalue weighted by atomic mass is 35.5. The van der Waals surface area contributed by atoms with Crippen LogP contribution in [0.4, 0.5) is 5.13 Å². The number of nitrogens with zero attached hydrogens (tertiary/aromatic N) is 4. The normalized spacial score (nSPS) is 10.9. The van der Waals surface area contributed by atoms with Gasteiger partial charge in [0.2, 0.25) is 0 Å². The number of carbonyl (C=O) groups is 1. The van der Waals surface area contributed by atoms with Gasteiger partial charge in [0.1, 0.15) is 0 Å². The molecule has 2 heterocycles. The molecule has 0 aliphatic heterocycles. The Labute approximate surface area is 177 Å². The molecule has 0 aliphatic carbocycles. The van der Waals surface area contributed by atoms with Crippen LogP contribution in [0.1, 0.15) is 32.3 Å². The van der Waals surface area contributed by atoms with E-state index in [2.05, 4.69) is 20.6 Å². The maximum atomic E-state index is 12.7. The number of hydrogen-bond donors (Lipinski definition) is 1. The van der Waals surface area contributed by atoms with E-state index in [4.69, 9.17) is 11.6 Å². The zero-order valence-electron chi connectivity index (χ0n) is 15.9. The van der Waals surface area contributed by atoms with Crippen molar-refractivity contribution in [3.63, 3.8) is 0 Å². The van der Waals surface area contributed by atoms with E-state index in [9.17, 15) is 4.79 Å². The molecule has 0 bridgehead atoms. The second-order valence-electron chi connectivity index (χ2n) is 6.56. The average molecular weight is 424 g/mol. The highest BCUT2D eigenvalue weighted by Gasteiger charge is 2.19. The van der Waals surface area contributed by atoms with E-state index >= 15 is 0 Å². The molecule has 4 aromatic rings. The Morgan fingerprint density at radius 3 is 2.69 bits per heavy atom. The number of rotatable bonds is 5. The number of anilines is 1. The van der Waals surface area contributed by atoms with E-state index in [-0.39, 0.29) is 11.6 Å². The molecular weight excluding hydrogens is 406 g/mol. The zero-order chi connectivity index (χ0) is 20.4. The minimum absolute atomic E-state index is 0.276. The van der Waals surface area contributed by atoms with Crippen LogP contribution in [0.3, 0.4) is 0 Å². The van der Waals surface area contributed by atoms with Gasteiger partial charge in [0.05, 0.1) is 17.1 Å². The van der Waals surface area contributed by atoms with Crippen LogP contribution >= 0.6 is 22.9 Å². The van der Waals surface area contributed by atoms with E-state index < -0.39 is 0 Å². The van der Waals surface area contributed by atoms with Crippen molar-refractivity contribution in [1.29, 1.82) is 0 Å². The van der Waals surface area contributed by atoms with E-state index in [0.29, 0.717) is 22.3 Å². The van der Waals surface area contributed by atoms with Gasteiger partial charge < -0.3 is 0 Å². The second-order valence-corrected chi connectivity index (χ2v) is 8.08. The Morgan fingerprint density at radius 2 is 1.93 bits per heavy atom. The molecule has 0 unspecified atom stereocenters. The molecule has 1 amide bonds. The Morgan fingerprint density at radius 1 is 1.14 bits per heavy atom. The number of amides is 1. The van der Waals surface area contributed by atoms with Gasteiger partial charge in [-0.2, -0.15) is 0 Å². The summed E-state index contributed by atoms with van der Waals surface area (Å²) in [5.41, 5.74) is 3.78. The number of halogens is 1. The zero-order valence-corrected chi connectivity index (χ0v) is 17.5. The molecule has 146 valence electrons. The van der Waals surface area contributed by atoms with Crippen molar-refractivity contribution in [2.75, 3.05) is 5.32 Å². The Balaban J connectivity index is 1.52. The monoisotopic (exact) mass is 423 g/mol. The van der Waals surface area contributed by atoms with Crippen LogP contribution in [0.25, 0.3) is 5.69 Å². The lowest BCUT2D eigenvalue weighted by atomic mass is 10.1. The molecule has 29 heavy (non-hydrogen) atoms. The van der Waals surface area contributed by atoms with Crippen LogP contribution in [0.15, 0.2) is 54.6 Å². The standard InChI is InChI=1S/C21H18ClN5OS/c1-13-18(12-15-7-6-8-16(22)11-15)29-21(23-13)24-20(28)19-14(2)27(26-25-19)17-9-4-3-5-10-17/h3-11H,12H2,1-2H3,(H,23,24,28). The van der Waals surface area contributed by atoms with Crippen LogP contribution in [-0.2, 0) is 6.42 Å². The van der Waals surface area contributed by atoms with Crippen molar-refractivity contribution in [2.24, 2.45) is 0 Å². The molecule has 2 aromatic heterocycles. The number of para-hydroxylation sites is 1. The highest BCUT2D eigenvalue weighted by molar-refractivity contribution is 7.15. The minimum Gasteiger partial charge on any atom is -0.296 e. The van der Waals surface area contributed by atoms with Crippen LogP contribution in [0.5, 0.6) is 0 Å². The summed E-state index contributed by atoms with van der Waals surface area (Å²) in [6, 6.07) is 17.3. The number of aryl methyl sites for hydroxylation is 1. The molecule has 0 fully saturated rings. The lowest BCUT2D eigenvalue weighted by molar-refractivity contribution is 0.102. The quantitative estimate of drug-likeness (QED) is 0.498. The van der Waals surface area contributed by atoms with Gasteiger partial charge in [-0.1, -0.05) is 47.1 Å². The number of benzene rings is 2. The molecule has 0 spiro atoms. The van der Waals surface area contributed by atoms with Crippen LogP contribution in [0.2, 0.25) is 5.02 Å². The van der Waals surface area contributed by atoms with Crippen LogP contribution < -0.4 is 5.32 Å². The van der Waals surface area contributed by atoms with Gasteiger partial charge in [0, 0.05) is 16.3 Å². The summed E-state index contributed by atoms with van der Waals surface area (Å²) in [5, 5.41) is 12.3. The maximum Gasteiger partial charge on any atom is 0.279 e. The third-order valence-corrected chi connectivity index (χ3v) is 5.79. The Bertz CT molecular complexity index is 1170. The Kier molecular flexibility index (Phi) is 5.42. The predicted molar refractivity (Wildman–Crippen MR) is 115 cm³/mol. The third-order valence-electron chi connectivity index (χ3n) is 4.48. The molecule has 0 saturated carbocycles. The molecule has 6 nitrogen and oxygen atoms in total. The van der Waals surface area contributed by atoms with Gasteiger partial charge in [-0.15, -0.1) is 16.4 Å². The fraction of sp³-hybridized carbons (Fsp3) is 0.143. The molecule has 4 rings (SSSR count). The number of hydrogen-bond acceptors (Lipinski definition) is 5. The van der Waals surface area contributed by atoms with Gasteiger partial charge in [0.25, 0.3) is 5.91 Å². The molecule has 0 atom stereocenters. The van der Waals surface area contributed by atoms with E-state index in [1.54, 1.807) is 4.68 Å². The minimum atomic E-state index is -0.326. The smallest absolute Gasteiger partial charge is 0.279 e. The number of nitrogens with one attached hydrogen (secondary N) is 1. The lowest BCUT2D eigenvalue weighted by Gasteiger charge is -2.03. The maximum absolute atomic E-state index is 12.7. The summed E-state index contributed by atoms with van der Waals surface area (Å²) < 4.78 is 1.65. The van der Waals surface area contributed by atoms with Crippen LogP contribution in [0, 0.1) is 13.8 Å². The van der Waals surface area contributed by atoms with E-state index in [0.717, 1.165) is 21.8 Å². The molecule has 0 saturated heterocycles. The fourth-order valence-corrected chi connectivity index (χ4v) is 4.19. The van der Waals surface area contributed by atoms with Crippen molar-refractivity contribution in [3.8, 4) is 5.69 Å². The topological polar surface area (TPSA) is 72.7 Å². The van der Waals surface area contributed by atoms with E-state index in [1.807, 2.05) is 68.4 Å². The van der Waals surface area contributed by atoms with Gasteiger partial charge >= 0.3 is 0 Å². The fourth-order valence-electron chi connectivity index (χ4n) is 2.99. The average Bonchev–Trinajstić information content (AvgIpc) is 3.25. The van der Waals surface area contributed by atoms with Crippen molar-refractivity contribution < 1.29 is 4.79 Å². The molecule has 2 aromatic carbocycles. The third kappa shape index (κ3) is 4.21. The number of aromatic nitrogens is 4. The predicted octanol–water partition coefficient (Wildman–Crippen LogP) is 4.84. The van der Waals surface area contributed by atoms with Crippen LogP contribution in [-0.4, -0.2) is 25.9 Å². The largest absolute Gasteiger partial charge is 0.296 e. The van der Waals surface area contributed by atoms with Gasteiger partial charge in [0.15, 0.2) is 10.8 Å². The van der Waals surface area contributed by atoms with Gasteiger partial charge in [-0.25, -0.2) is 9.67 Å². The van der Waals surface area contributed by atoms with E-state index in [1.165, 1.54) is 11.3 Å². The molecule has 0 radical (unpaired) electrons. The Hall–Kier alpha value is -3.03. The van der Waals surface area contributed by atoms with Crippen molar-refractivity contribution >= 4 is 34.0 Å². The molecular formula is C21H18ClN5OS. The second kappa shape index (κ2) is 8.14. The first-order valence-corrected chi connectivity index (χ1v) is 10.2. The molecule has 1 N–H and O–H groups in total. The highest BCUT2D eigenvalue weighted by Crippen LogP contribution is 2.26. The first kappa shape index (κ1) is 19.3. The summed E-state index contributed by atoms with van der Waals surface area (Å²) in [7, 11) is 0. The summed E-state index contributed by atoms with van der Waals surface area (Å²) in [4.78, 5) is 18.3. The summed E-state index contributed by atoms with van der Waals surface area (Å²) in [5.74, 6) is -0.326.